The zero-order chi connectivity index (χ0) is 30.8. The van der Waals surface area contributed by atoms with Crippen LogP contribution in [-0.4, -0.2) is 67.7 Å². The van der Waals surface area contributed by atoms with Gasteiger partial charge in [0.25, 0.3) is 5.56 Å². The van der Waals surface area contributed by atoms with Gasteiger partial charge in [-0.05, 0) is 37.7 Å². The zero-order valence-corrected chi connectivity index (χ0v) is 24.5. The number of hydrogen-bond donors (Lipinski definition) is 4. The Morgan fingerprint density at radius 3 is 2.49 bits per heavy atom. The van der Waals surface area contributed by atoms with Crippen molar-refractivity contribution in [1.29, 1.82) is 0 Å². The van der Waals surface area contributed by atoms with Crippen molar-refractivity contribution in [3.05, 3.63) is 69.0 Å². The second kappa shape index (κ2) is 13.2. The number of fused-ring (bicyclic) bond motifs is 1. The average Bonchev–Trinajstić information content (AvgIpc) is 3.50. The van der Waals surface area contributed by atoms with Crippen molar-refractivity contribution in [3.8, 4) is 0 Å². The van der Waals surface area contributed by atoms with Crippen molar-refractivity contribution in [1.82, 2.24) is 9.55 Å². The third-order valence-electron chi connectivity index (χ3n) is 7.41. The standard InChI is InChI=1S/C25H32N2O14P2/c28-19-11-12-27(25(31)26-19)23-22-21(38-20(39-22)10-9-15-5-2-1-3-6-15)18(37-23)14-36-42(32,33)41-43(34,35)40-17-8-4-7-16(13-17)24(29)30/h1-3,5-6,11-12,16-18,20-23H,4,7-10,13-14H2,(H,29,30)(H,32,33)(H,34,35)(H,26,28,31)/t16?,17?,18-,20?,21?,22+,23-/m1/s1. The molecule has 6 unspecified atom stereocenters. The number of carbonyl (C=O) groups is 1. The molecule has 3 fully saturated rings. The predicted molar refractivity (Wildman–Crippen MR) is 145 cm³/mol. The highest BCUT2D eigenvalue weighted by Crippen LogP contribution is 2.62. The largest absolute Gasteiger partial charge is 0.481 e. The molecule has 1 aliphatic carbocycles. The molecule has 16 nitrogen and oxygen atoms in total. The molecule has 43 heavy (non-hydrogen) atoms. The molecule has 3 aliphatic rings. The van der Waals surface area contributed by atoms with Gasteiger partial charge in [-0.3, -0.25) is 28.2 Å². The molecule has 1 aromatic heterocycles. The lowest BCUT2D eigenvalue weighted by Gasteiger charge is -2.28. The molecule has 9 atom stereocenters. The number of aliphatic carboxylic acids is 1. The molecule has 0 spiro atoms. The van der Waals surface area contributed by atoms with Crippen LogP contribution in [0.25, 0.3) is 0 Å². The van der Waals surface area contributed by atoms with Gasteiger partial charge in [-0.2, -0.15) is 4.31 Å². The van der Waals surface area contributed by atoms with E-state index in [1.807, 2.05) is 30.3 Å². The number of hydrogen-bond acceptors (Lipinski definition) is 11. The van der Waals surface area contributed by atoms with Crippen LogP contribution in [0, 0.1) is 5.92 Å². The number of phosphoric ester groups is 2. The van der Waals surface area contributed by atoms with Gasteiger partial charge in [0.2, 0.25) is 0 Å². The molecule has 2 aliphatic heterocycles. The van der Waals surface area contributed by atoms with Crippen molar-refractivity contribution in [3.63, 3.8) is 0 Å². The number of nitrogens with one attached hydrogen (secondary N) is 1. The number of carboxylic acids is 1. The number of aromatic nitrogens is 2. The molecule has 2 saturated heterocycles. The Hall–Kier alpha value is -2.49. The first-order valence-electron chi connectivity index (χ1n) is 13.6. The van der Waals surface area contributed by atoms with E-state index in [0.717, 1.165) is 16.2 Å². The fourth-order valence-corrected chi connectivity index (χ4v) is 7.73. The summed E-state index contributed by atoms with van der Waals surface area (Å²) in [6, 6.07) is 10.7. The normalized spacial score (nSPS) is 31.6. The SMILES string of the molecule is O=C(O)C1CCCC(OP(=O)(O)OP(=O)(O)OC[C@H]2O[C@@H](n3ccc(=O)[nH]c3=O)[C@H]3OC(CCc4ccccc4)OC23)C1. The van der Waals surface area contributed by atoms with Gasteiger partial charge in [-0.25, -0.2) is 13.9 Å². The van der Waals surface area contributed by atoms with E-state index in [0.29, 0.717) is 25.7 Å². The van der Waals surface area contributed by atoms with Crippen LogP contribution in [0.15, 0.2) is 52.2 Å². The molecule has 0 radical (unpaired) electrons. The maximum atomic E-state index is 12.6. The van der Waals surface area contributed by atoms with Gasteiger partial charge >= 0.3 is 27.3 Å². The van der Waals surface area contributed by atoms with Gasteiger partial charge in [0, 0.05) is 18.7 Å². The predicted octanol–water partition coefficient (Wildman–Crippen LogP) is 2.07. The summed E-state index contributed by atoms with van der Waals surface area (Å²) in [4.78, 5) is 57.8. The van der Waals surface area contributed by atoms with Gasteiger partial charge in [0.15, 0.2) is 12.5 Å². The van der Waals surface area contributed by atoms with Crippen LogP contribution < -0.4 is 11.2 Å². The molecule has 236 valence electrons. The number of carboxylic acid groups (broad SMARTS) is 1. The Morgan fingerprint density at radius 1 is 1.02 bits per heavy atom. The summed E-state index contributed by atoms with van der Waals surface area (Å²) in [6.45, 7) is -0.678. The molecule has 1 saturated carbocycles. The Labute approximate surface area is 244 Å². The maximum absolute atomic E-state index is 12.6. The van der Waals surface area contributed by atoms with Crippen molar-refractivity contribution in [2.75, 3.05) is 6.61 Å². The highest BCUT2D eigenvalue weighted by atomic mass is 31.3. The molecule has 2 aromatic rings. The Kier molecular flexibility index (Phi) is 9.83. The fourth-order valence-electron chi connectivity index (χ4n) is 5.45. The Bertz CT molecular complexity index is 1500. The number of ether oxygens (including phenoxy) is 3. The number of phosphoric acid groups is 2. The quantitative estimate of drug-likeness (QED) is 0.243. The van der Waals surface area contributed by atoms with Gasteiger partial charge < -0.3 is 29.1 Å². The lowest BCUT2D eigenvalue weighted by molar-refractivity contribution is -0.153. The molecule has 5 rings (SSSR count). The van der Waals surface area contributed by atoms with Gasteiger partial charge in [0.1, 0.15) is 18.3 Å². The molecule has 0 amide bonds. The van der Waals surface area contributed by atoms with Crippen LogP contribution in [-0.2, 0) is 47.9 Å². The van der Waals surface area contributed by atoms with Crippen molar-refractivity contribution < 1.29 is 56.4 Å². The first-order chi connectivity index (χ1) is 20.4. The minimum Gasteiger partial charge on any atom is -0.481 e. The summed E-state index contributed by atoms with van der Waals surface area (Å²) in [6.07, 6.45) is -2.42. The highest BCUT2D eigenvalue weighted by Gasteiger charge is 2.54. The smallest absolute Gasteiger partial charge is 0.481 e. The van der Waals surface area contributed by atoms with Crippen LogP contribution in [0.5, 0.6) is 0 Å². The summed E-state index contributed by atoms with van der Waals surface area (Å²) >= 11 is 0. The van der Waals surface area contributed by atoms with Gasteiger partial charge in [-0.15, -0.1) is 0 Å². The lowest BCUT2D eigenvalue weighted by atomic mass is 9.87. The van der Waals surface area contributed by atoms with Crippen LogP contribution in [0.2, 0.25) is 0 Å². The summed E-state index contributed by atoms with van der Waals surface area (Å²) < 4.78 is 58.6. The first-order valence-corrected chi connectivity index (χ1v) is 16.6. The van der Waals surface area contributed by atoms with Crippen LogP contribution in [0.4, 0.5) is 0 Å². The number of nitrogens with zero attached hydrogens (tertiary/aromatic N) is 1. The zero-order valence-electron chi connectivity index (χ0n) is 22.7. The highest BCUT2D eigenvalue weighted by molar-refractivity contribution is 7.61. The minimum absolute atomic E-state index is 0.0624. The molecule has 18 heteroatoms. The third kappa shape index (κ3) is 8.17. The summed E-state index contributed by atoms with van der Waals surface area (Å²) in [5.74, 6) is -1.85. The van der Waals surface area contributed by atoms with Crippen LogP contribution in [0.3, 0.4) is 0 Å². The summed E-state index contributed by atoms with van der Waals surface area (Å²) in [5, 5.41) is 9.21. The number of rotatable bonds is 12. The average molecular weight is 646 g/mol. The topological polar surface area (TPSA) is 222 Å². The fraction of sp³-hybridized carbons (Fsp3) is 0.560. The Morgan fingerprint density at radius 2 is 1.77 bits per heavy atom. The molecule has 4 N–H and O–H groups in total. The summed E-state index contributed by atoms with van der Waals surface area (Å²) in [5.41, 5.74) is -0.366. The molecule has 1 aromatic carbocycles. The van der Waals surface area contributed by atoms with E-state index in [1.165, 1.54) is 6.20 Å². The molecular weight excluding hydrogens is 614 g/mol. The minimum atomic E-state index is -5.23. The number of benzene rings is 1. The van der Waals surface area contributed by atoms with Gasteiger partial charge in [0.05, 0.1) is 18.6 Å². The van der Waals surface area contributed by atoms with E-state index >= 15 is 0 Å². The lowest BCUT2D eigenvalue weighted by Crippen LogP contribution is -2.36. The maximum Gasteiger partial charge on any atom is 0.481 e. The number of aromatic amines is 1. The summed E-state index contributed by atoms with van der Waals surface area (Å²) in [7, 11) is -10.4. The number of aryl methyl sites for hydroxylation is 1. The molecule has 0 bridgehead atoms. The molecular formula is C25H32N2O14P2. The Balaban J connectivity index is 1.24. The van der Waals surface area contributed by atoms with E-state index in [-0.39, 0.29) is 12.8 Å². The third-order valence-corrected chi connectivity index (χ3v) is 10.1. The van der Waals surface area contributed by atoms with E-state index in [1.54, 1.807) is 0 Å². The number of H-pyrrole nitrogens is 1. The van der Waals surface area contributed by atoms with Crippen molar-refractivity contribution >= 4 is 21.6 Å². The van der Waals surface area contributed by atoms with Crippen LogP contribution in [0.1, 0.15) is 43.9 Å². The van der Waals surface area contributed by atoms with Crippen molar-refractivity contribution in [2.24, 2.45) is 5.92 Å². The van der Waals surface area contributed by atoms with Crippen LogP contribution >= 0.6 is 15.6 Å². The van der Waals surface area contributed by atoms with E-state index in [4.69, 9.17) is 23.3 Å². The van der Waals surface area contributed by atoms with E-state index in [2.05, 4.69) is 9.29 Å². The molecule has 3 heterocycles. The monoisotopic (exact) mass is 646 g/mol. The van der Waals surface area contributed by atoms with E-state index in [9.17, 15) is 38.4 Å². The van der Waals surface area contributed by atoms with E-state index < -0.39 is 82.3 Å². The second-order valence-corrected chi connectivity index (χ2v) is 13.5. The van der Waals surface area contributed by atoms with Crippen molar-refractivity contribution in [2.45, 2.75) is 75.5 Å². The van der Waals surface area contributed by atoms with Gasteiger partial charge in [-0.1, -0.05) is 30.3 Å². The first kappa shape index (κ1) is 31.9. The second-order valence-electron chi connectivity index (χ2n) is 10.5.